The maximum Gasteiger partial charge on any atom is 0.309 e. The zero-order valence-corrected chi connectivity index (χ0v) is 16.6. The lowest BCUT2D eigenvalue weighted by Gasteiger charge is -2.30. The van der Waals surface area contributed by atoms with Crippen molar-refractivity contribution in [3.63, 3.8) is 0 Å². The molecule has 0 spiro atoms. The van der Waals surface area contributed by atoms with E-state index in [1.807, 2.05) is 16.8 Å². The van der Waals surface area contributed by atoms with Crippen LogP contribution < -0.4 is 0 Å². The van der Waals surface area contributed by atoms with Crippen LogP contribution in [0.1, 0.15) is 54.0 Å². The van der Waals surface area contributed by atoms with Gasteiger partial charge in [0, 0.05) is 38.2 Å². The normalized spacial score (nSPS) is 19.7. The van der Waals surface area contributed by atoms with Gasteiger partial charge in [0.05, 0.1) is 12.5 Å². The van der Waals surface area contributed by atoms with Gasteiger partial charge in [-0.25, -0.2) is 9.37 Å². The van der Waals surface area contributed by atoms with E-state index in [1.54, 1.807) is 24.0 Å². The highest BCUT2D eigenvalue weighted by Crippen LogP contribution is 2.29. The topological polar surface area (TPSA) is 64.4 Å². The molecule has 1 fully saturated rings. The van der Waals surface area contributed by atoms with Crippen molar-refractivity contribution in [2.24, 2.45) is 5.92 Å². The van der Waals surface area contributed by atoms with Crippen molar-refractivity contribution in [1.82, 2.24) is 14.5 Å². The quantitative estimate of drug-likeness (QED) is 0.741. The molecule has 1 aromatic carbocycles. The smallest absolute Gasteiger partial charge is 0.309 e. The lowest BCUT2D eigenvalue weighted by molar-refractivity contribution is -0.149. The predicted octanol–water partition coefficient (Wildman–Crippen LogP) is 3.17. The molecule has 7 heteroatoms. The molecule has 1 unspecified atom stereocenters. The number of rotatable bonds is 4. The second-order valence-electron chi connectivity index (χ2n) is 7.80. The number of hydrogen-bond acceptors (Lipinski definition) is 4. The lowest BCUT2D eigenvalue weighted by atomic mass is 9.91. The minimum absolute atomic E-state index is 0.0866. The number of imidazole rings is 1. The fraction of sp³-hybridized carbons (Fsp3) is 0.500. The van der Waals surface area contributed by atoms with Gasteiger partial charge in [-0.05, 0) is 43.9 Å². The van der Waals surface area contributed by atoms with Crippen LogP contribution in [0.4, 0.5) is 4.39 Å². The van der Waals surface area contributed by atoms with E-state index in [2.05, 4.69) is 4.98 Å². The molecular weight excluding hydrogens is 373 g/mol. The lowest BCUT2D eigenvalue weighted by Crippen LogP contribution is -2.40. The summed E-state index contributed by atoms with van der Waals surface area (Å²) < 4.78 is 20.7. The average Bonchev–Trinajstić information content (AvgIpc) is 3.17. The number of hydrogen-bond donors (Lipinski definition) is 0. The monoisotopic (exact) mass is 399 g/mol. The van der Waals surface area contributed by atoms with E-state index in [1.165, 1.54) is 6.07 Å². The molecule has 0 saturated carbocycles. The highest BCUT2D eigenvalue weighted by Gasteiger charge is 2.30. The third kappa shape index (κ3) is 4.18. The number of esters is 1. The number of halogens is 1. The minimum Gasteiger partial charge on any atom is -0.466 e. The van der Waals surface area contributed by atoms with E-state index in [0.717, 1.165) is 24.2 Å². The first kappa shape index (κ1) is 19.6. The van der Waals surface area contributed by atoms with Crippen molar-refractivity contribution >= 4 is 11.9 Å². The van der Waals surface area contributed by atoms with Crippen LogP contribution >= 0.6 is 0 Å². The molecule has 2 aliphatic heterocycles. The van der Waals surface area contributed by atoms with E-state index >= 15 is 0 Å². The first-order valence-corrected chi connectivity index (χ1v) is 10.3. The van der Waals surface area contributed by atoms with Crippen molar-refractivity contribution < 1.29 is 18.7 Å². The maximum absolute atomic E-state index is 13.6. The number of fused-ring (bicyclic) bond motifs is 1. The Labute approximate surface area is 169 Å². The number of ether oxygens (including phenoxy) is 1. The minimum atomic E-state index is -0.221. The van der Waals surface area contributed by atoms with Crippen molar-refractivity contribution in [2.45, 2.75) is 45.1 Å². The summed E-state index contributed by atoms with van der Waals surface area (Å²) in [6.07, 6.45) is 4.72. The van der Waals surface area contributed by atoms with Gasteiger partial charge in [-0.15, -0.1) is 0 Å². The zero-order chi connectivity index (χ0) is 20.4. The first-order chi connectivity index (χ1) is 14.0. The standard InChI is InChI=1S/C22H26FN3O3/c1-2-29-22(28)15-8-10-25(11-9-15)21(27)19-14-26-13-17(6-7-20(26)24-19)16-4-3-5-18(23)12-16/h3-5,12,14-15,17H,2,6-11,13H2,1H3. The molecule has 0 aliphatic carbocycles. The van der Waals surface area contributed by atoms with Crippen molar-refractivity contribution in [3.05, 3.63) is 53.4 Å². The fourth-order valence-corrected chi connectivity index (χ4v) is 4.32. The number of nitrogens with zero attached hydrogens (tertiary/aromatic N) is 3. The molecule has 2 aromatic rings. The first-order valence-electron chi connectivity index (χ1n) is 10.3. The molecule has 1 saturated heterocycles. The van der Waals surface area contributed by atoms with Crippen LogP contribution in [0.25, 0.3) is 0 Å². The number of benzene rings is 1. The van der Waals surface area contributed by atoms with E-state index in [-0.39, 0.29) is 29.5 Å². The van der Waals surface area contributed by atoms with Gasteiger partial charge >= 0.3 is 5.97 Å². The summed E-state index contributed by atoms with van der Waals surface area (Å²) >= 11 is 0. The Kier molecular flexibility index (Phi) is 5.65. The number of amides is 1. The van der Waals surface area contributed by atoms with Gasteiger partial charge in [0.15, 0.2) is 0 Å². The Morgan fingerprint density at radius 2 is 2.03 bits per heavy atom. The number of aryl methyl sites for hydroxylation is 1. The number of piperidine rings is 1. The second-order valence-corrected chi connectivity index (χ2v) is 7.80. The van der Waals surface area contributed by atoms with Gasteiger partial charge in [-0.3, -0.25) is 9.59 Å². The van der Waals surface area contributed by atoms with Gasteiger partial charge in [0.1, 0.15) is 17.3 Å². The number of aromatic nitrogens is 2. The highest BCUT2D eigenvalue weighted by molar-refractivity contribution is 5.92. The molecule has 0 bridgehead atoms. The molecule has 0 radical (unpaired) electrons. The zero-order valence-electron chi connectivity index (χ0n) is 16.6. The third-order valence-electron chi connectivity index (χ3n) is 5.93. The van der Waals surface area contributed by atoms with Crippen LogP contribution in [0.5, 0.6) is 0 Å². The SMILES string of the molecule is CCOC(=O)C1CCN(C(=O)c2cn3c(n2)CCC(c2cccc(F)c2)C3)CC1. The van der Waals surface area contributed by atoms with Crippen LogP contribution in [0.3, 0.4) is 0 Å². The molecule has 3 heterocycles. The van der Waals surface area contributed by atoms with Crippen LogP contribution in [0, 0.1) is 11.7 Å². The van der Waals surface area contributed by atoms with Gasteiger partial charge in [-0.1, -0.05) is 12.1 Å². The van der Waals surface area contributed by atoms with Crippen LogP contribution in [-0.2, 0) is 22.5 Å². The van der Waals surface area contributed by atoms with Gasteiger partial charge in [-0.2, -0.15) is 0 Å². The van der Waals surface area contributed by atoms with Crippen molar-refractivity contribution in [2.75, 3.05) is 19.7 Å². The van der Waals surface area contributed by atoms with Crippen LogP contribution in [-0.4, -0.2) is 46.0 Å². The molecule has 1 atom stereocenters. The average molecular weight is 399 g/mol. The number of carbonyl (C=O) groups is 2. The molecule has 2 aliphatic rings. The Morgan fingerprint density at radius 3 is 2.76 bits per heavy atom. The second kappa shape index (κ2) is 8.35. The van der Waals surface area contributed by atoms with Gasteiger partial charge in [0.2, 0.25) is 0 Å². The van der Waals surface area contributed by atoms with E-state index in [4.69, 9.17) is 4.74 Å². The van der Waals surface area contributed by atoms with Gasteiger partial charge < -0.3 is 14.2 Å². The van der Waals surface area contributed by atoms with E-state index in [0.29, 0.717) is 44.8 Å². The summed E-state index contributed by atoms with van der Waals surface area (Å²) in [4.78, 5) is 31.1. The maximum atomic E-state index is 13.6. The number of carbonyl (C=O) groups excluding carboxylic acids is 2. The largest absolute Gasteiger partial charge is 0.466 e. The molecule has 1 aromatic heterocycles. The van der Waals surface area contributed by atoms with Crippen molar-refractivity contribution in [3.8, 4) is 0 Å². The Bertz CT molecular complexity index is 902. The molecule has 154 valence electrons. The summed E-state index contributed by atoms with van der Waals surface area (Å²) in [7, 11) is 0. The van der Waals surface area contributed by atoms with Crippen molar-refractivity contribution in [1.29, 1.82) is 0 Å². The Morgan fingerprint density at radius 1 is 1.24 bits per heavy atom. The molecular formula is C22H26FN3O3. The molecule has 0 N–H and O–H groups in total. The fourth-order valence-electron chi connectivity index (χ4n) is 4.32. The summed E-state index contributed by atoms with van der Waals surface area (Å²) in [6, 6.07) is 6.74. The molecule has 4 rings (SSSR count). The molecule has 29 heavy (non-hydrogen) atoms. The van der Waals surface area contributed by atoms with E-state index in [9.17, 15) is 14.0 Å². The van der Waals surface area contributed by atoms with Crippen LogP contribution in [0.15, 0.2) is 30.5 Å². The molecule has 1 amide bonds. The highest BCUT2D eigenvalue weighted by atomic mass is 19.1. The Hall–Kier alpha value is -2.70. The van der Waals surface area contributed by atoms with Gasteiger partial charge in [0.25, 0.3) is 5.91 Å². The summed E-state index contributed by atoms with van der Waals surface area (Å²) in [5.41, 5.74) is 1.44. The molecule has 6 nitrogen and oxygen atoms in total. The number of likely N-dealkylation sites (tertiary alicyclic amines) is 1. The predicted molar refractivity (Wildman–Crippen MR) is 105 cm³/mol. The van der Waals surface area contributed by atoms with Crippen LogP contribution in [0.2, 0.25) is 0 Å². The Balaban J connectivity index is 1.40. The summed E-state index contributed by atoms with van der Waals surface area (Å²) in [5, 5.41) is 0. The third-order valence-corrected chi connectivity index (χ3v) is 5.93. The summed E-state index contributed by atoms with van der Waals surface area (Å²) in [5.74, 6) is 0.525. The van der Waals surface area contributed by atoms with E-state index < -0.39 is 0 Å². The summed E-state index contributed by atoms with van der Waals surface area (Å²) in [6.45, 7) is 3.96.